The highest BCUT2D eigenvalue weighted by Crippen LogP contribution is 2.25. The van der Waals surface area contributed by atoms with Crippen molar-refractivity contribution in [2.75, 3.05) is 32.5 Å². The minimum Gasteiger partial charge on any atom is -0.489 e. The van der Waals surface area contributed by atoms with E-state index in [1.165, 1.54) is 12.1 Å². The molecule has 0 saturated carbocycles. The molecule has 0 unspecified atom stereocenters. The molecule has 5 heteroatoms. The van der Waals surface area contributed by atoms with Crippen molar-refractivity contribution < 1.29 is 9.13 Å². The van der Waals surface area contributed by atoms with Gasteiger partial charge in [0.05, 0.1) is 5.52 Å². The third-order valence-electron chi connectivity index (χ3n) is 3.91. The normalized spacial score (nSPS) is 11.0. The topological polar surface area (TPSA) is 37.4 Å². The number of hydrogen-bond acceptors (Lipinski definition) is 4. The Morgan fingerprint density at radius 3 is 2.64 bits per heavy atom. The van der Waals surface area contributed by atoms with Crippen LogP contribution in [0, 0.1) is 5.82 Å². The number of anilines is 1. The maximum absolute atomic E-state index is 12.9. The van der Waals surface area contributed by atoms with Crippen LogP contribution in [-0.2, 0) is 6.61 Å². The average molecular weight is 339 g/mol. The molecule has 1 N–H and O–H groups in total. The lowest BCUT2D eigenvalue weighted by atomic mass is 10.1. The van der Waals surface area contributed by atoms with Gasteiger partial charge in [0, 0.05) is 36.4 Å². The van der Waals surface area contributed by atoms with E-state index in [1.807, 2.05) is 24.3 Å². The van der Waals surface area contributed by atoms with E-state index in [4.69, 9.17) is 4.74 Å². The lowest BCUT2D eigenvalue weighted by Gasteiger charge is -2.13. The number of aromatic nitrogens is 1. The molecule has 1 heterocycles. The first-order valence-electron chi connectivity index (χ1n) is 8.26. The van der Waals surface area contributed by atoms with Crippen molar-refractivity contribution in [3.05, 3.63) is 66.1 Å². The lowest BCUT2D eigenvalue weighted by Crippen LogP contribution is -2.20. The Morgan fingerprint density at radius 1 is 1.08 bits per heavy atom. The van der Waals surface area contributed by atoms with E-state index >= 15 is 0 Å². The minimum atomic E-state index is -0.243. The number of halogens is 1. The van der Waals surface area contributed by atoms with Gasteiger partial charge in [-0.3, -0.25) is 4.98 Å². The summed E-state index contributed by atoms with van der Waals surface area (Å²) in [4.78, 5) is 6.57. The van der Waals surface area contributed by atoms with Gasteiger partial charge in [-0.15, -0.1) is 0 Å². The zero-order valence-corrected chi connectivity index (χ0v) is 14.5. The van der Waals surface area contributed by atoms with E-state index in [9.17, 15) is 4.39 Å². The molecule has 0 amide bonds. The first-order chi connectivity index (χ1) is 12.1. The molecule has 0 aliphatic carbocycles. The first-order valence-corrected chi connectivity index (χ1v) is 8.26. The SMILES string of the molecule is CN(C)CCNc1ccnc2cc(OCc3ccc(F)cc3)ccc12. The highest BCUT2D eigenvalue weighted by atomic mass is 19.1. The van der Waals surface area contributed by atoms with Crippen molar-refractivity contribution in [3.63, 3.8) is 0 Å². The minimum absolute atomic E-state index is 0.243. The van der Waals surface area contributed by atoms with Crippen LogP contribution in [-0.4, -0.2) is 37.1 Å². The number of nitrogens with zero attached hydrogens (tertiary/aromatic N) is 2. The van der Waals surface area contributed by atoms with Crippen LogP contribution in [0.5, 0.6) is 5.75 Å². The molecule has 0 atom stereocenters. The number of ether oxygens (including phenoxy) is 1. The Bertz CT molecular complexity index is 834. The summed E-state index contributed by atoms with van der Waals surface area (Å²) in [6, 6.07) is 14.2. The van der Waals surface area contributed by atoms with Gasteiger partial charge in [0.2, 0.25) is 0 Å². The zero-order valence-electron chi connectivity index (χ0n) is 14.5. The number of nitrogens with one attached hydrogen (secondary N) is 1. The number of rotatable bonds is 7. The number of benzene rings is 2. The molecule has 0 aliphatic heterocycles. The molecule has 0 fully saturated rings. The van der Waals surface area contributed by atoms with Crippen LogP contribution < -0.4 is 10.1 Å². The van der Waals surface area contributed by atoms with Gasteiger partial charge in [-0.1, -0.05) is 12.1 Å². The van der Waals surface area contributed by atoms with Crippen LogP contribution in [0.3, 0.4) is 0 Å². The number of fused-ring (bicyclic) bond motifs is 1. The fourth-order valence-electron chi connectivity index (χ4n) is 2.53. The maximum Gasteiger partial charge on any atom is 0.123 e. The number of likely N-dealkylation sites (N-methyl/N-ethyl adjacent to an activating group) is 1. The lowest BCUT2D eigenvalue weighted by molar-refractivity contribution is 0.306. The molecule has 3 aromatic rings. The summed E-state index contributed by atoms with van der Waals surface area (Å²) < 4.78 is 18.7. The van der Waals surface area contributed by atoms with Crippen molar-refractivity contribution >= 4 is 16.6 Å². The molecule has 4 nitrogen and oxygen atoms in total. The second kappa shape index (κ2) is 7.94. The van der Waals surface area contributed by atoms with Crippen molar-refractivity contribution in [2.24, 2.45) is 0 Å². The third kappa shape index (κ3) is 4.67. The summed E-state index contributed by atoms with van der Waals surface area (Å²) >= 11 is 0. The van der Waals surface area contributed by atoms with Crippen molar-refractivity contribution in [1.29, 1.82) is 0 Å². The highest BCUT2D eigenvalue weighted by Gasteiger charge is 2.04. The summed E-state index contributed by atoms with van der Waals surface area (Å²) in [6.07, 6.45) is 1.80. The summed E-state index contributed by atoms with van der Waals surface area (Å²) in [5, 5.41) is 4.51. The van der Waals surface area contributed by atoms with Crippen LogP contribution in [0.25, 0.3) is 10.9 Å². The molecule has 2 aromatic carbocycles. The quantitative estimate of drug-likeness (QED) is 0.708. The molecular formula is C20H22FN3O. The van der Waals surface area contributed by atoms with Crippen LogP contribution in [0.4, 0.5) is 10.1 Å². The summed E-state index contributed by atoms with van der Waals surface area (Å²) in [6.45, 7) is 2.23. The Hall–Kier alpha value is -2.66. The second-order valence-corrected chi connectivity index (χ2v) is 6.18. The molecular weight excluding hydrogens is 317 g/mol. The highest BCUT2D eigenvalue weighted by molar-refractivity contribution is 5.91. The van der Waals surface area contributed by atoms with Gasteiger partial charge in [0.1, 0.15) is 18.2 Å². The van der Waals surface area contributed by atoms with Crippen molar-refractivity contribution in [3.8, 4) is 5.75 Å². The van der Waals surface area contributed by atoms with E-state index in [0.29, 0.717) is 6.61 Å². The predicted octanol–water partition coefficient (Wildman–Crippen LogP) is 3.93. The molecule has 0 spiro atoms. The Labute approximate surface area is 147 Å². The number of pyridine rings is 1. The Kier molecular flexibility index (Phi) is 5.46. The van der Waals surface area contributed by atoms with E-state index in [-0.39, 0.29) is 5.82 Å². The maximum atomic E-state index is 12.9. The molecule has 0 radical (unpaired) electrons. The molecule has 130 valence electrons. The van der Waals surface area contributed by atoms with E-state index in [2.05, 4.69) is 29.3 Å². The monoisotopic (exact) mass is 339 g/mol. The molecule has 0 bridgehead atoms. The van der Waals surface area contributed by atoms with Gasteiger partial charge in [-0.05, 0) is 50.0 Å². The standard InChI is InChI=1S/C20H22FN3O/c1-24(2)12-11-23-19-9-10-22-20-13-17(7-8-18(19)20)25-14-15-3-5-16(21)6-4-15/h3-10,13H,11-12,14H2,1-2H3,(H,22,23). The van der Waals surface area contributed by atoms with E-state index in [1.54, 1.807) is 18.3 Å². The van der Waals surface area contributed by atoms with Crippen LogP contribution in [0.2, 0.25) is 0 Å². The summed E-state index contributed by atoms with van der Waals surface area (Å²) in [7, 11) is 4.11. The van der Waals surface area contributed by atoms with Gasteiger partial charge in [0.15, 0.2) is 0 Å². The number of hydrogen-bond donors (Lipinski definition) is 1. The molecule has 0 saturated heterocycles. The Balaban J connectivity index is 1.70. The fourth-order valence-corrected chi connectivity index (χ4v) is 2.53. The van der Waals surface area contributed by atoms with Gasteiger partial charge in [-0.25, -0.2) is 4.39 Å². The van der Waals surface area contributed by atoms with Crippen LogP contribution in [0.15, 0.2) is 54.7 Å². The fraction of sp³-hybridized carbons (Fsp3) is 0.250. The molecule has 0 aliphatic rings. The molecule has 3 rings (SSSR count). The van der Waals surface area contributed by atoms with Crippen LogP contribution in [0.1, 0.15) is 5.56 Å². The van der Waals surface area contributed by atoms with Gasteiger partial charge >= 0.3 is 0 Å². The van der Waals surface area contributed by atoms with Gasteiger partial charge < -0.3 is 15.0 Å². The predicted molar refractivity (Wildman–Crippen MR) is 99.5 cm³/mol. The van der Waals surface area contributed by atoms with Crippen molar-refractivity contribution in [2.45, 2.75) is 6.61 Å². The smallest absolute Gasteiger partial charge is 0.123 e. The third-order valence-corrected chi connectivity index (χ3v) is 3.91. The second-order valence-electron chi connectivity index (χ2n) is 6.18. The van der Waals surface area contributed by atoms with E-state index in [0.717, 1.165) is 41.0 Å². The first kappa shape index (κ1) is 17.2. The van der Waals surface area contributed by atoms with Gasteiger partial charge in [-0.2, -0.15) is 0 Å². The largest absolute Gasteiger partial charge is 0.489 e. The summed E-state index contributed by atoms with van der Waals surface area (Å²) in [5.74, 6) is 0.503. The molecule has 1 aromatic heterocycles. The van der Waals surface area contributed by atoms with Crippen LogP contribution >= 0.6 is 0 Å². The molecule has 25 heavy (non-hydrogen) atoms. The average Bonchev–Trinajstić information content (AvgIpc) is 2.61. The van der Waals surface area contributed by atoms with Crippen molar-refractivity contribution in [1.82, 2.24) is 9.88 Å². The van der Waals surface area contributed by atoms with Gasteiger partial charge in [0.25, 0.3) is 0 Å². The van der Waals surface area contributed by atoms with E-state index < -0.39 is 0 Å². The summed E-state index contributed by atoms with van der Waals surface area (Å²) in [5.41, 5.74) is 2.87. The zero-order chi connectivity index (χ0) is 17.6. The Morgan fingerprint density at radius 2 is 1.88 bits per heavy atom.